The molecule has 0 saturated heterocycles. The van der Waals surface area contributed by atoms with Gasteiger partial charge >= 0.3 is 0 Å². The molecule has 0 spiro atoms. The van der Waals surface area contributed by atoms with Gasteiger partial charge in [-0.15, -0.1) is 0 Å². The summed E-state index contributed by atoms with van der Waals surface area (Å²) in [5.74, 6) is -1.04. The largest absolute Gasteiger partial charge is 0.390 e. The minimum atomic E-state index is -2.91. The third kappa shape index (κ3) is 10.6. The first-order valence-corrected chi connectivity index (χ1v) is 17.9. The first-order chi connectivity index (χ1) is 24.3. The molecule has 3 aromatic carbocycles. The number of nitrogens with zero attached hydrogens (tertiary/aromatic N) is 4. The zero-order valence-corrected chi connectivity index (χ0v) is 32.6. The molecular weight excluding hydrogens is 779 g/mol. The zero-order valence-electron chi connectivity index (χ0n) is 28.8. The number of rotatable bonds is 10. The maximum Gasteiger partial charge on any atom is 0.282 e. The molecule has 0 aliphatic rings. The van der Waals surface area contributed by atoms with Crippen LogP contribution in [0.3, 0.4) is 0 Å². The highest BCUT2D eigenvalue weighted by Crippen LogP contribution is 2.36. The average molecular weight is 817 g/mol. The van der Waals surface area contributed by atoms with Crippen molar-refractivity contribution >= 4 is 70.2 Å². The van der Waals surface area contributed by atoms with Crippen LogP contribution in [0.5, 0.6) is 0 Å². The van der Waals surface area contributed by atoms with E-state index in [1.54, 1.807) is 23.1 Å². The van der Waals surface area contributed by atoms with Crippen molar-refractivity contribution in [2.24, 2.45) is 18.4 Å². The number of nitrogens with one attached hydrogen (secondary N) is 2. The number of benzene rings is 3. The van der Waals surface area contributed by atoms with E-state index in [0.29, 0.717) is 31.0 Å². The number of aliphatic hydroxyl groups is 1. The molecule has 2 aromatic heterocycles. The Morgan fingerprint density at radius 1 is 1.02 bits per heavy atom. The van der Waals surface area contributed by atoms with Crippen molar-refractivity contribution in [1.29, 1.82) is 0 Å². The van der Waals surface area contributed by atoms with Gasteiger partial charge in [0.2, 0.25) is 4.77 Å². The second-order valence-electron chi connectivity index (χ2n) is 13.4. The lowest BCUT2D eigenvalue weighted by molar-refractivity contribution is 0.00389. The molecule has 3 atom stereocenters. The van der Waals surface area contributed by atoms with E-state index in [1.807, 2.05) is 32.9 Å². The molecule has 0 aliphatic carbocycles. The van der Waals surface area contributed by atoms with E-state index in [-0.39, 0.29) is 33.6 Å². The van der Waals surface area contributed by atoms with Crippen molar-refractivity contribution in [2.45, 2.75) is 59.1 Å². The van der Waals surface area contributed by atoms with Gasteiger partial charge in [-0.3, -0.25) is 19.3 Å². The quantitative estimate of drug-likeness (QED) is 0.122. The maximum atomic E-state index is 13.8. The van der Waals surface area contributed by atoms with E-state index in [2.05, 4.69) is 27.4 Å². The van der Waals surface area contributed by atoms with Crippen molar-refractivity contribution in [3.05, 3.63) is 115 Å². The van der Waals surface area contributed by atoms with Crippen LogP contribution in [0.4, 0.5) is 18.9 Å². The van der Waals surface area contributed by atoms with E-state index in [1.165, 1.54) is 37.5 Å². The van der Waals surface area contributed by atoms with Crippen LogP contribution >= 0.6 is 58.6 Å². The van der Waals surface area contributed by atoms with Gasteiger partial charge in [-0.25, -0.2) is 18.2 Å². The molecule has 3 N–H and O–H groups in total. The number of hydrogen-bond acceptors (Lipinski definition) is 5. The molecule has 0 bridgehead atoms. The van der Waals surface area contributed by atoms with Gasteiger partial charge in [-0.1, -0.05) is 86.2 Å². The lowest BCUT2D eigenvalue weighted by Crippen LogP contribution is -2.37. The van der Waals surface area contributed by atoms with Crippen LogP contribution in [0.2, 0.25) is 20.1 Å². The van der Waals surface area contributed by atoms with Crippen molar-refractivity contribution in [2.75, 3.05) is 5.32 Å². The fourth-order valence-corrected chi connectivity index (χ4v) is 6.60. The molecule has 3 unspecified atom stereocenters. The fraction of sp³-hybridized carbons (Fsp3) is 0.333. The average Bonchev–Trinajstić information content (AvgIpc) is 3.68. The van der Waals surface area contributed by atoms with Gasteiger partial charge in [-0.05, 0) is 90.0 Å². The van der Waals surface area contributed by atoms with Gasteiger partial charge in [0, 0.05) is 34.5 Å². The smallest absolute Gasteiger partial charge is 0.282 e. The Bertz CT molecular complexity index is 2080. The third-order valence-corrected chi connectivity index (χ3v) is 9.79. The Labute approximate surface area is 324 Å². The number of aliphatic hydroxyl groups excluding tert-OH is 1. The molecule has 2 heterocycles. The lowest BCUT2D eigenvalue weighted by atomic mass is 9.81. The molecule has 5 rings (SSSR count). The normalized spacial score (nSPS) is 13.3. The van der Waals surface area contributed by atoms with E-state index >= 15 is 0 Å². The van der Waals surface area contributed by atoms with Crippen LogP contribution in [0.15, 0.2) is 67.1 Å². The summed E-state index contributed by atoms with van der Waals surface area (Å²) in [6.07, 6.45) is 0.820. The van der Waals surface area contributed by atoms with Gasteiger partial charge in [0.05, 0.1) is 27.8 Å². The zero-order chi connectivity index (χ0) is 38.5. The SMILES string of the molecule is CC(Cc1ccc(Cl)cc1Cl)CC(C(O)C(C)(C)C)n1[nH]cnc1=S.Cn1cc(C(=O)Nc2ccc(F)cc2-c2ccc(Cl)c(Cl)c2)c(C(F)F)n1. The van der Waals surface area contributed by atoms with Crippen molar-refractivity contribution in [3.63, 3.8) is 0 Å². The number of hydrogen-bond donors (Lipinski definition) is 3. The molecule has 52 heavy (non-hydrogen) atoms. The van der Waals surface area contributed by atoms with Crippen LogP contribution in [0, 0.1) is 21.9 Å². The molecule has 0 fully saturated rings. The number of halogens is 7. The first-order valence-electron chi connectivity index (χ1n) is 16.0. The van der Waals surface area contributed by atoms with Gasteiger partial charge in [0.15, 0.2) is 0 Å². The Hall–Kier alpha value is -3.39. The first kappa shape index (κ1) is 41.4. The summed E-state index contributed by atoms with van der Waals surface area (Å²) in [6, 6.07) is 13.7. The summed E-state index contributed by atoms with van der Waals surface area (Å²) < 4.78 is 43.3. The topological polar surface area (TPSA) is 101 Å². The molecule has 0 saturated carbocycles. The number of H-pyrrole nitrogens is 1. The lowest BCUT2D eigenvalue weighted by Gasteiger charge is -2.34. The third-order valence-electron chi connectivity index (χ3n) is 8.16. The molecular formula is C36H37Cl4F3N6O2S. The molecule has 1 amide bonds. The Morgan fingerprint density at radius 2 is 1.73 bits per heavy atom. The summed E-state index contributed by atoms with van der Waals surface area (Å²) in [6.45, 7) is 8.20. The van der Waals surface area contributed by atoms with E-state index < -0.39 is 29.9 Å². The van der Waals surface area contributed by atoms with E-state index in [4.69, 9.17) is 58.6 Å². The van der Waals surface area contributed by atoms with Crippen molar-refractivity contribution < 1.29 is 23.1 Å². The second-order valence-corrected chi connectivity index (χ2v) is 15.4. The Morgan fingerprint density at radius 3 is 2.33 bits per heavy atom. The maximum absolute atomic E-state index is 13.8. The van der Waals surface area contributed by atoms with Crippen LogP contribution < -0.4 is 5.32 Å². The summed E-state index contributed by atoms with van der Waals surface area (Å²) in [7, 11) is 1.43. The summed E-state index contributed by atoms with van der Waals surface area (Å²) in [5.41, 5.74) is 0.927. The van der Waals surface area contributed by atoms with Crippen molar-refractivity contribution in [1.82, 2.24) is 24.5 Å². The molecule has 16 heteroatoms. The minimum Gasteiger partial charge on any atom is -0.390 e. The monoisotopic (exact) mass is 814 g/mol. The van der Waals surface area contributed by atoms with E-state index in [9.17, 15) is 23.1 Å². The number of amides is 1. The molecule has 0 radical (unpaired) electrons. The highest BCUT2D eigenvalue weighted by Gasteiger charge is 2.33. The predicted octanol–water partition coefficient (Wildman–Crippen LogP) is 11.2. The number of alkyl halides is 2. The van der Waals surface area contributed by atoms with Crippen LogP contribution in [0.1, 0.15) is 68.2 Å². The minimum absolute atomic E-state index is 0.184. The molecule has 278 valence electrons. The molecule has 8 nitrogen and oxygen atoms in total. The standard InChI is InChI=1S/C18H12Cl2F3N3O.C18H25Cl2N3OS/c1-26-8-12(16(25-26)17(22)23)18(27)24-15-5-3-10(21)7-11(15)9-2-4-13(19)14(20)6-9;1-11(7-12-5-6-13(19)9-14(12)20)8-15(16(24)18(2,3)4)23-17(25)21-10-22-23/h2-8,17H,1H3,(H,24,27);5-6,9-11,15-16,24H,7-8H2,1-4H3,(H,21,22,25). The van der Waals surface area contributed by atoms with Gasteiger partial charge in [0.1, 0.15) is 17.8 Å². The molecule has 5 aromatic rings. The Kier molecular flexibility index (Phi) is 14.0. The summed E-state index contributed by atoms with van der Waals surface area (Å²) in [4.78, 5) is 16.6. The Balaban J connectivity index is 0.000000234. The van der Waals surface area contributed by atoms with Crippen LogP contribution in [-0.2, 0) is 13.5 Å². The second kappa shape index (κ2) is 17.6. The summed E-state index contributed by atoms with van der Waals surface area (Å²) >= 11 is 29.5. The van der Waals surface area contributed by atoms with Crippen LogP contribution in [-0.4, -0.2) is 41.7 Å². The van der Waals surface area contributed by atoms with Gasteiger partial charge < -0.3 is 10.4 Å². The van der Waals surface area contributed by atoms with E-state index in [0.717, 1.165) is 29.2 Å². The number of aromatic nitrogens is 5. The van der Waals surface area contributed by atoms with Crippen LogP contribution in [0.25, 0.3) is 11.1 Å². The highest BCUT2D eigenvalue weighted by atomic mass is 35.5. The van der Waals surface area contributed by atoms with Gasteiger partial charge in [0.25, 0.3) is 12.3 Å². The predicted molar refractivity (Wildman–Crippen MR) is 204 cm³/mol. The highest BCUT2D eigenvalue weighted by molar-refractivity contribution is 7.71. The molecule has 0 aliphatic heterocycles. The number of anilines is 1. The van der Waals surface area contributed by atoms with Crippen molar-refractivity contribution in [3.8, 4) is 11.1 Å². The van der Waals surface area contributed by atoms with Gasteiger partial charge in [-0.2, -0.15) is 5.10 Å². The number of aryl methyl sites for hydroxylation is 1. The number of carbonyl (C=O) groups is 1. The fourth-order valence-electron chi connectivity index (χ4n) is 5.57. The number of carbonyl (C=O) groups excluding carboxylic acids is 1. The summed E-state index contributed by atoms with van der Waals surface area (Å²) in [5, 5.41) is 21.9. The number of aromatic amines is 1.